The van der Waals surface area contributed by atoms with Crippen molar-refractivity contribution in [1.82, 2.24) is 10.1 Å². The second-order valence-corrected chi connectivity index (χ2v) is 4.16. The van der Waals surface area contributed by atoms with Crippen LogP contribution < -0.4 is 5.73 Å². The van der Waals surface area contributed by atoms with Crippen molar-refractivity contribution in [1.29, 1.82) is 0 Å². The highest BCUT2D eigenvalue weighted by Crippen LogP contribution is 2.30. The number of rotatable bonds is 2. The third kappa shape index (κ3) is 2.87. The Kier molecular flexibility index (Phi) is 3.50. The van der Waals surface area contributed by atoms with Crippen LogP contribution in [0.3, 0.4) is 0 Å². The molecule has 0 bridgehead atoms. The molecule has 9 heteroatoms. The quantitative estimate of drug-likeness (QED) is 0.507. The fourth-order valence-corrected chi connectivity index (χ4v) is 1.51. The average molecular weight is 293 g/mol. The van der Waals surface area contributed by atoms with Crippen molar-refractivity contribution in [2.45, 2.75) is 11.6 Å². The van der Waals surface area contributed by atoms with Gasteiger partial charge >= 0.3 is 12.1 Å². The van der Waals surface area contributed by atoms with Gasteiger partial charge < -0.3 is 10.3 Å². The van der Waals surface area contributed by atoms with E-state index in [9.17, 15) is 17.6 Å². The predicted molar refractivity (Wildman–Crippen MR) is 60.6 cm³/mol. The van der Waals surface area contributed by atoms with E-state index < -0.39 is 29.1 Å². The molecule has 0 aliphatic heterocycles. The van der Waals surface area contributed by atoms with E-state index in [1.807, 2.05) is 0 Å². The Hall–Kier alpha value is -1.61. The summed E-state index contributed by atoms with van der Waals surface area (Å²) in [7, 11) is 0. The number of halogens is 4. The van der Waals surface area contributed by atoms with Crippen LogP contribution in [0.1, 0.15) is 16.8 Å². The highest BCUT2D eigenvalue weighted by atomic mass is 32.1. The molecule has 102 valence electrons. The molecule has 0 fully saturated rings. The van der Waals surface area contributed by atoms with Crippen LogP contribution in [0.25, 0.3) is 11.4 Å². The molecule has 1 unspecified atom stereocenters. The zero-order chi connectivity index (χ0) is 14.2. The molecule has 0 saturated heterocycles. The Morgan fingerprint density at radius 2 is 2.00 bits per heavy atom. The molecular formula is C10H7F4N3OS. The van der Waals surface area contributed by atoms with Gasteiger partial charge in [-0.05, 0) is 17.7 Å². The smallest absolute Gasteiger partial charge is 0.329 e. The number of nitrogens with zero attached hydrogens (tertiary/aromatic N) is 2. The van der Waals surface area contributed by atoms with Crippen LogP contribution in [-0.2, 0) is 6.18 Å². The lowest BCUT2D eigenvalue weighted by atomic mass is 10.1. The molecule has 2 N–H and O–H groups in total. The van der Waals surface area contributed by atoms with E-state index in [-0.39, 0.29) is 5.56 Å². The Morgan fingerprint density at radius 1 is 1.32 bits per heavy atom. The fraction of sp³-hybridized carbons (Fsp3) is 0.200. The summed E-state index contributed by atoms with van der Waals surface area (Å²) in [6.45, 7) is 0. The van der Waals surface area contributed by atoms with Gasteiger partial charge in [-0.15, -0.1) is 0 Å². The molecule has 0 spiro atoms. The number of nitrogens with two attached hydrogens (primary N) is 1. The van der Waals surface area contributed by atoms with Crippen LogP contribution >= 0.6 is 12.6 Å². The normalized spacial score (nSPS) is 13.6. The summed E-state index contributed by atoms with van der Waals surface area (Å²) >= 11 is 3.91. The molecule has 1 atom stereocenters. The summed E-state index contributed by atoms with van der Waals surface area (Å²) in [6.07, 6.45) is -4.77. The van der Waals surface area contributed by atoms with Gasteiger partial charge in [0.2, 0.25) is 5.82 Å². The lowest BCUT2D eigenvalue weighted by molar-refractivity contribution is -0.159. The van der Waals surface area contributed by atoms with Gasteiger partial charge in [0, 0.05) is 0 Å². The molecule has 0 amide bonds. The van der Waals surface area contributed by atoms with Crippen LogP contribution in [0.4, 0.5) is 17.6 Å². The largest absolute Gasteiger partial charge is 0.471 e. The summed E-state index contributed by atoms with van der Waals surface area (Å²) in [6, 6.07) is 3.68. The van der Waals surface area contributed by atoms with Crippen LogP contribution in [0.15, 0.2) is 22.7 Å². The van der Waals surface area contributed by atoms with Crippen LogP contribution in [0.5, 0.6) is 0 Å². The Balaban J connectivity index is 2.40. The minimum atomic E-state index is -4.77. The molecule has 0 radical (unpaired) electrons. The minimum absolute atomic E-state index is 0.211. The molecule has 1 heterocycles. The number of aromatic nitrogens is 2. The number of benzene rings is 1. The average Bonchev–Trinajstić information content (AvgIpc) is 2.77. The van der Waals surface area contributed by atoms with E-state index in [4.69, 9.17) is 5.73 Å². The molecule has 0 saturated carbocycles. The standard InChI is InChI=1S/C10H7F4N3OS/c11-6-3-4(7(15)19)1-2-5(6)8-16-9(18-17-8)10(12,13)14/h1-3,7,19H,15H2. The zero-order valence-electron chi connectivity index (χ0n) is 9.15. The van der Waals surface area contributed by atoms with Crippen LogP contribution in [0, 0.1) is 5.82 Å². The summed E-state index contributed by atoms with van der Waals surface area (Å²) in [4.78, 5) is 3.09. The van der Waals surface area contributed by atoms with Crippen LogP contribution in [-0.4, -0.2) is 10.1 Å². The molecule has 2 aromatic rings. The van der Waals surface area contributed by atoms with Gasteiger partial charge in [-0.3, -0.25) is 0 Å². The number of hydrogen-bond donors (Lipinski definition) is 2. The number of thiol groups is 1. The van der Waals surface area contributed by atoms with Gasteiger partial charge in [-0.1, -0.05) is 11.2 Å². The van der Waals surface area contributed by atoms with E-state index in [1.165, 1.54) is 12.1 Å². The second-order valence-electron chi connectivity index (χ2n) is 3.61. The fourth-order valence-electron chi connectivity index (χ4n) is 1.34. The van der Waals surface area contributed by atoms with E-state index >= 15 is 0 Å². The van der Waals surface area contributed by atoms with E-state index in [2.05, 4.69) is 27.3 Å². The first-order chi connectivity index (χ1) is 8.79. The topological polar surface area (TPSA) is 64.9 Å². The third-order valence-electron chi connectivity index (χ3n) is 2.24. The number of alkyl halides is 3. The highest BCUT2D eigenvalue weighted by Gasteiger charge is 2.38. The Bertz CT molecular complexity index is 597. The van der Waals surface area contributed by atoms with Gasteiger partial charge in [0.05, 0.1) is 10.9 Å². The molecule has 0 aliphatic carbocycles. The lowest BCUT2D eigenvalue weighted by Gasteiger charge is -2.05. The molecule has 0 aliphatic rings. The monoisotopic (exact) mass is 293 g/mol. The first-order valence-electron chi connectivity index (χ1n) is 4.93. The van der Waals surface area contributed by atoms with Crippen molar-refractivity contribution in [3.8, 4) is 11.4 Å². The minimum Gasteiger partial charge on any atom is -0.329 e. The molecule has 2 rings (SSSR count). The summed E-state index contributed by atoms with van der Waals surface area (Å²) in [5, 5.41) is 2.40. The summed E-state index contributed by atoms with van der Waals surface area (Å²) < 4.78 is 54.5. The first-order valence-corrected chi connectivity index (χ1v) is 5.45. The summed E-state index contributed by atoms with van der Waals surface area (Å²) in [5.74, 6) is -2.82. The first kappa shape index (κ1) is 13.8. The zero-order valence-corrected chi connectivity index (χ0v) is 10.0. The van der Waals surface area contributed by atoms with Crippen molar-refractivity contribution in [2.24, 2.45) is 5.73 Å². The van der Waals surface area contributed by atoms with E-state index in [1.54, 1.807) is 0 Å². The Labute approximate surface area is 110 Å². The van der Waals surface area contributed by atoms with Crippen molar-refractivity contribution >= 4 is 12.6 Å². The van der Waals surface area contributed by atoms with Crippen molar-refractivity contribution in [2.75, 3.05) is 0 Å². The van der Waals surface area contributed by atoms with E-state index in [0.29, 0.717) is 5.56 Å². The molecular weight excluding hydrogens is 286 g/mol. The Morgan fingerprint density at radius 3 is 2.47 bits per heavy atom. The molecule has 19 heavy (non-hydrogen) atoms. The van der Waals surface area contributed by atoms with Crippen molar-refractivity contribution in [3.05, 3.63) is 35.5 Å². The van der Waals surface area contributed by atoms with Gasteiger partial charge in [0.1, 0.15) is 5.82 Å². The molecule has 1 aromatic carbocycles. The lowest BCUT2D eigenvalue weighted by Crippen LogP contribution is -2.05. The van der Waals surface area contributed by atoms with Crippen LogP contribution in [0.2, 0.25) is 0 Å². The van der Waals surface area contributed by atoms with Gasteiger partial charge in [-0.25, -0.2) is 4.39 Å². The van der Waals surface area contributed by atoms with Crippen molar-refractivity contribution in [3.63, 3.8) is 0 Å². The highest BCUT2D eigenvalue weighted by molar-refractivity contribution is 7.80. The maximum Gasteiger partial charge on any atom is 0.471 e. The predicted octanol–water partition coefficient (Wildman–Crippen LogP) is 2.78. The van der Waals surface area contributed by atoms with Gasteiger partial charge in [-0.2, -0.15) is 30.8 Å². The third-order valence-corrected chi connectivity index (χ3v) is 2.54. The second kappa shape index (κ2) is 4.82. The summed E-state index contributed by atoms with van der Waals surface area (Å²) in [5.41, 5.74) is 5.60. The molecule has 1 aromatic heterocycles. The number of hydrogen-bond acceptors (Lipinski definition) is 5. The maximum absolute atomic E-state index is 13.7. The van der Waals surface area contributed by atoms with Crippen molar-refractivity contribution < 1.29 is 22.1 Å². The van der Waals surface area contributed by atoms with Gasteiger partial charge in [0.25, 0.3) is 0 Å². The van der Waals surface area contributed by atoms with E-state index in [0.717, 1.165) is 6.07 Å². The SMILES string of the molecule is NC(S)c1ccc(-c2noc(C(F)(F)F)n2)c(F)c1. The maximum atomic E-state index is 13.7. The van der Waals surface area contributed by atoms with Gasteiger partial charge in [0.15, 0.2) is 0 Å². The molecule has 4 nitrogen and oxygen atoms in total.